The van der Waals surface area contributed by atoms with E-state index in [1.54, 1.807) is 0 Å². The molecule has 0 aromatic carbocycles. The van der Waals surface area contributed by atoms with Crippen LogP contribution in [0.1, 0.15) is 27.7 Å². The Bertz CT molecular complexity index is 467. The maximum absolute atomic E-state index is 12.1. The van der Waals surface area contributed by atoms with Crippen molar-refractivity contribution in [3.8, 4) is 0 Å². The molecule has 3 heteroatoms. The number of rotatable bonds is 3. The molecular formula is C16H23NO2. The van der Waals surface area contributed by atoms with Gasteiger partial charge in [-0.2, -0.15) is 0 Å². The molecule has 0 bridgehead atoms. The molecule has 2 aliphatic rings. The average molecular weight is 261 g/mol. The van der Waals surface area contributed by atoms with Crippen molar-refractivity contribution < 1.29 is 9.53 Å². The largest absolute Gasteiger partial charge is 0.458 e. The van der Waals surface area contributed by atoms with Crippen molar-refractivity contribution in [2.45, 2.75) is 33.8 Å². The van der Waals surface area contributed by atoms with Crippen LogP contribution in [0.25, 0.3) is 0 Å². The van der Waals surface area contributed by atoms with E-state index < -0.39 is 0 Å². The number of carbonyl (C=O) groups excluding carboxylic acids is 1. The Labute approximate surface area is 115 Å². The lowest BCUT2D eigenvalue weighted by atomic mass is 10.1. The summed E-state index contributed by atoms with van der Waals surface area (Å²) in [6, 6.07) is 0. The Morgan fingerprint density at radius 3 is 2.74 bits per heavy atom. The highest BCUT2D eigenvalue weighted by Gasteiger charge is 2.59. The summed E-state index contributed by atoms with van der Waals surface area (Å²) in [5, 5.41) is 0. The van der Waals surface area contributed by atoms with Gasteiger partial charge >= 0.3 is 5.97 Å². The van der Waals surface area contributed by atoms with E-state index in [2.05, 4.69) is 33.8 Å². The summed E-state index contributed by atoms with van der Waals surface area (Å²) >= 11 is 0. The number of allylic oxidation sites excluding steroid dienone is 3. The molecule has 1 fully saturated rings. The number of hydrogen-bond donors (Lipinski definition) is 0. The van der Waals surface area contributed by atoms with Crippen molar-refractivity contribution in [1.82, 2.24) is 4.90 Å². The van der Waals surface area contributed by atoms with Gasteiger partial charge in [-0.15, -0.1) is 0 Å². The van der Waals surface area contributed by atoms with Gasteiger partial charge in [-0.3, -0.25) is 0 Å². The minimum atomic E-state index is -0.182. The van der Waals surface area contributed by atoms with Crippen LogP contribution < -0.4 is 0 Å². The summed E-state index contributed by atoms with van der Waals surface area (Å²) in [6.07, 6.45) is 7.88. The second kappa shape index (κ2) is 4.87. The Morgan fingerprint density at radius 1 is 1.47 bits per heavy atom. The number of esters is 1. The molecule has 0 N–H and O–H groups in total. The lowest BCUT2D eigenvalue weighted by molar-refractivity contribution is -0.141. The van der Waals surface area contributed by atoms with E-state index in [-0.39, 0.29) is 17.5 Å². The molecule has 0 aromatic heterocycles. The molecule has 1 aliphatic carbocycles. The summed E-state index contributed by atoms with van der Waals surface area (Å²) in [4.78, 5) is 14.1. The van der Waals surface area contributed by atoms with E-state index in [1.165, 1.54) is 5.57 Å². The van der Waals surface area contributed by atoms with Crippen LogP contribution in [0.4, 0.5) is 0 Å². The SMILES string of the molecule is CC(C)=C[C@H]1[C@@H](OC(=O)C2=CC=CN(C)C2)C1(C)C. The molecule has 0 amide bonds. The average Bonchev–Trinajstić information content (AvgIpc) is 2.80. The van der Waals surface area contributed by atoms with Gasteiger partial charge < -0.3 is 9.64 Å². The van der Waals surface area contributed by atoms with Crippen molar-refractivity contribution in [3.05, 3.63) is 35.6 Å². The smallest absolute Gasteiger partial charge is 0.336 e. The predicted molar refractivity (Wildman–Crippen MR) is 76.4 cm³/mol. The third-order valence-corrected chi connectivity index (χ3v) is 3.88. The first-order valence-corrected chi connectivity index (χ1v) is 6.76. The molecular weight excluding hydrogens is 238 g/mol. The Balaban J connectivity index is 1.99. The van der Waals surface area contributed by atoms with Gasteiger partial charge in [-0.1, -0.05) is 25.5 Å². The molecule has 1 saturated carbocycles. The van der Waals surface area contributed by atoms with Gasteiger partial charge in [0.2, 0.25) is 0 Å². The van der Waals surface area contributed by atoms with Crippen LogP contribution in [-0.4, -0.2) is 30.6 Å². The number of nitrogens with zero attached hydrogens (tertiary/aromatic N) is 1. The highest BCUT2D eigenvalue weighted by atomic mass is 16.6. The summed E-state index contributed by atoms with van der Waals surface area (Å²) < 4.78 is 5.67. The van der Waals surface area contributed by atoms with Gasteiger partial charge in [0, 0.05) is 24.9 Å². The van der Waals surface area contributed by atoms with Gasteiger partial charge in [-0.25, -0.2) is 4.79 Å². The topological polar surface area (TPSA) is 29.5 Å². The highest BCUT2D eigenvalue weighted by molar-refractivity contribution is 5.90. The van der Waals surface area contributed by atoms with Crippen LogP contribution >= 0.6 is 0 Å². The normalized spacial score (nSPS) is 27.6. The highest BCUT2D eigenvalue weighted by Crippen LogP contribution is 2.55. The molecule has 0 saturated heterocycles. The lowest BCUT2D eigenvalue weighted by Crippen LogP contribution is -2.24. The quantitative estimate of drug-likeness (QED) is 0.578. The predicted octanol–water partition coefficient (Wildman–Crippen LogP) is 2.91. The van der Waals surface area contributed by atoms with Crippen LogP contribution in [-0.2, 0) is 9.53 Å². The second-order valence-corrected chi connectivity index (χ2v) is 6.37. The van der Waals surface area contributed by atoms with E-state index in [0.717, 1.165) is 5.57 Å². The van der Waals surface area contributed by atoms with E-state index in [4.69, 9.17) is 4.74 Å². The first-order chi connectivity index (χ1) is 8.82. The molecule has 19 heavy (non-hydrogen) atoms. The zero-order chi connectivity index (χ0) is 14.2. The van der Waals surface area contributed by atoms with Gasteiger partial charge in [-0.05, 0) is 32.2 Å². The zero-order valence-electron chi connectivity index (χ0n) is 12.4. The Hall–Kier alpha value is -1.51. The first-order valence-electron chi connectivity index (χ1n) is 6.76. The summed E-state index contributed by atoms with van der Waals surface area (Å²) in [7, 11) is 1.95. The standard InChI is InChI=1S/C16H23NO2/c1-11(2)9-13-14(16(13,3)4)19-15(18)12-7-6-8-17(5)10-12/h6-9,13-14H,10H2,1-5H3/t13-,14+/m0/s1. The molecule has 0 aromatic rings. The Morgan fingerprint density at radius 2 is 2.16 bits per heavy atom. The van der Waals surface area contributed by atoms with Gasteiger partial charge in [0.15, 0.2) is 0 Å². The molecule has 3 nitrogen and oxygen atoms in total. The van der Waals surface area contributed by atoms with E-state index in [9.17, 15) is 4.79 Å². The summed E-state index contributed by atoms with van der Waals surface area (Å²) in [5.41, 5.74) is 2.06. The van der Waals surface area contributed by atoms with Gasteiger partial charge in [0.1, 0.15) is 6.10 Å². The molecule has 0 radical (unpaired) electrons. The number of likely N-dealkylation sites (N-methyl/N-ethyl adjacent to an activating group) is 1. The fourth-order valence-electron chi connectivity index (χ4n) is 2.52. The van der Waals surface area contributed by atoms with E-state index in [1.807, 2.05) is 30.3 Å². The zero-order valence-corrected chi connectivity index (χ0v) is 12.4. The fraction of sp³-hybridized carbons (Fsp3) is 0.562. The van der Waals surface area contributed by atoms with Gasteiger partial charge in [0.25, 0.3) is 0 Å². The monoisotopic (exact) mass is 261 g/mol. The van der Waals surface area contributed by atoms with Crippen LogP contribution in [0.15, 0.2) is 35.6 Å². The van der Waals surface area contributed by atoms with Crippen molar-refractivity contribution in [1.29, 1.82) is 0 Å². The third-order valence-electron chi connectivity index (χ3n) is 3.88. The Kier molecular flexibility index (Phi) is 3.57. The molecule has 1 aliphatic heterocycles. The van der Waals surface area contributed by atoms with Crippen molar-refractivity contribution >= 4 is 5.97 Å². The molecule has 1 heterocycles. The summed E-state index contributed by atoms with van der Waals surface area (Å²) in [6.45, 7) is 9.08. The van der Waals surface area contributed by atoms with Crippen molar-refractivity contribution in [2.75, 3.05) is 13.6 Å². The molecule has 0 unspecified atom stereocenters. The molecule has 2 rings (SSSR count). The number of hydrogen-bond acceptors (Lipinski definition) is 3. The first kappa shape index (κ1) is 13.9. The summed E-state index contributed by atoms with van der Waals surface area (Å²) in [5.74, 6) is 0.165. The van der Waals surface area contributed by atoms with Crippen LogP contribution in [0.3, 0.4) is 0 Å². The molecule has 2 atom stereocenters. The van der Waals surface area contributed by atoms with Crippen LogP contribution in [0, 0.1) is 11.3 Å². The maximum Gasteiger partial charge on any atom is 0.336 e. The maximum atomic E-state index is 12.1. The van der Waals surface area contributed by atoms with Crippen LogP contribution in [0.5, 0.6) is 0 Å². The van der Waals surface area contributed by atoms with Crippen molar-refractivity contribution in [2.24, 2.45) is 11.3 Å². The van der Waals surface area contributed by atoms with Crippen molar-refractivity contribution in [3.63, 3.8) is 0 Å². The third kappa shape index (κ3) is 2.91. The minimum absolute atomic E-state index is 0.00649. The van der Waals surface area contributed by atoms with E-state index >= 15 is 0 Å². The molecule has 104 valence electrons. The van der Waals surface area contributed by atoms with E-state index in [0.29, 0.717) is 12.5 Å². The van der Waals surface area contributed by atoms with Gasteiger partial charge in [0.05, 0.1) is 5.57 Å². The molecule has 0 spiro atoms. The number of carbonyl (C=O) groups is 1. The number of ether oxygens (including phenoxy) is 1. The fourth-order valence-corrected chi connectivity index (χ4v) is 2.52. The lowest BCUT2D eigenvalue weighted by Gasteiger charge is -2.19. The minimum Gasteiger partial charge on any atom is -0.458 e. The second-order valence-electron chi connectivity index (χ2n) is 6.37. The van der Waals surface area contributed by atoms with Crippen LogP contribution in [0.2, 0.25) is 0 Å².